The molecule has 0 bridgehead atoms. The predicted octanol–water partition coefficient (Wildman–Crippen LogP) is 5.34. The van der Waals surface area contributed by atoms with Gasteiger partial charge in [-0.3, -0.25) is 4.79 Å². The summed E-state index contributed by atoms with van der Waals surface area (Å²) in [6, 6.07) is 19.8. The third-order valence-corrected chi connectivity index (χ3v) is 5.69. The summed E-state index contributed by atoms with van der Waals surface area (Å²) >= 11 is 0. The lowest BCUT2D eigenvalue weighted by molar-refractivity contribution is -0.137. The van der Waals surface area contributed by atoms with Crippen LogP contribution in [0.5, 0.6) is 5.75 Å². The molecular formula is C25H23F3N2O2. The number of methoxy groups -OCH3 is 1. The van der Waals surface area contributed by atoms with Crippen molar-refractivity contribution in [1.29, 1.82) is 0 Å². The van der Waals surface area contributed by atoms with Crippen molar-refractivity contribution >= 4 is 11.6 Å². The Hall–Kier alpha value is -3.48. The highest BCUT2D eigenvalue weighted by molar-refractivity contribution is 6.01. The summed E-state index contributed by atoms with van der Waals surface area (Å²) in [6.45, 7) is 2.51. The number of hydrogen-bond donors (Lipinski definition) is 0. The van der Waals surface area contributed by atoms with E-state index in [0.29, 0.717) is 42.9 Å². The Balaban J connectivity index is 1.49. The quantitative estimate of drug-likeness (QED) is 0.549. The summed E-state index contributed by atoms with van der Waals surface area (Å²) in [7, 11) is 1.63. The van der Waals surface area contributed by atoms with Crippen molar-refractivity contribution in [1.82, 2.24) is 4.90 Å². The number of anilines is 1. The topological polar surface area (TPSA) is 32.8 Å². The van der Waals surface area contributed by atoms with Crippen LogP contribution in [0.2, 0.25) is 0 Å². The monoisotopic (exact) mass is 440 g/mol. The SMILES string of the molecule is COc1ccc(N2CCN(C(=O)c3ccccc3-c3ccc(C(F)(F)F)cc3)CC2)cc1. The molecule has 0 radical (unpaired) electrons. The Morgan fingerprint density at radius 2 is 1.47 bits per heavy atom. The number of hydrogen-bond acceptors (Lipinski definition) is 3. The van der Waals surface area contributed by atoms with Crippen LogP contribution in [0.3, 0.4) is 0 Å². The first-order chi connectivity index (χ1) is 15.4. The summed E-state index contributed by atoms with van der Waals surface area (Å²) in [6.07, 6.45) is -4.39. The number of halogens is 3. The summed E-state index contributed by atoms with van der Waals surface area (Å²) in [4.78, 5) is 17.3. The molecule has 0 unspecified atom stereocenters. The first-order valence-electron chi connectivity index (χ1n) is 10.3. The van der Waals surface area contributed by atoms with E-state index in [1.807, 2.05) is 24.3 Å². The van der Waals surface area contributed by atoms with Crippen LogP contribution in [0.15, 0.2) is 72.8 Å². The van der Waals surface area contributed by atoms with E-state index >= 15 is 0 Å². The van der Waals surface area contributed by atoms with Crippen LogP contribution in [0.1, 0.15) is 15.9 Å². The molecule has 3 aromatic carbocycles. The van der Waals surface area contributed by atoms with Gasteiger partial charge in [0.2, 0.25) is 0 Å². The largest absolute Gasteiger partial charge is 0.497 e. The van der Waals surface area contributed by atoms with E-state index in [2.05, 4.69) is 4.90 Å². The fourth-order valence-corrected chi connectivity index (χ4v) is 3.89. The third kappa shape index (κ3) is 4.56. The van der Waals surface area contributed by atoms with Crippen LogP contribution in [0.25, 0.3) is 11.1 Å². The lowest BCUT2D eigenvalue weighted by atomic mass is 9.97. The number of alkyl halides is 3. The van der Waals surface area contributed by atoms with Gasteiger partial charge < -0.3 is 14.5 Å². The number of rotatable bonds is 4. The molecule has 1 aliphatic heterocycles. The molecule has 166 valence electrons. The number of benzene rings is 3. The molecule has 7 heteroatoms. The molecule has 0 atom stereocenters. The second-order valence-electron chi connectivity index (χ2n) is 7.60. The van der Waals surface area contributed by atoms with Gasteiger partial charge in [-0.25, -0.2) is 0 Å². The van der Waals surface area contributed by atoms with Crippen LogP contribution >= 0.6 is 0 Å². The number of carbonyl (C=O) groups excluding carboxylic acids is 1. The Bertz CT molecular complexity index is 1070. The highest BCUT2D eigenvalue weighted by Crippen LogP contribution is 2.32. The van der Waals surface area contributed by atoms with Crippen molar-refractivity contribution in [2.75, 3.05) is 38.2 Å². The number of carbonyl (C=O) groups is 1. The Morgan fingerprint density at radius 1 is 0.844 bits per heavy atom. The van der Waals surface area contributed by atoms with Crippen LogP contribution in [0.4, 0.5) is 18.9 Å². The van der Waals surface area contributed by atoms with Gasteiger partial charge >= 0.3 is 6.18 Å². The van der Waals surface area contributed by atoms with Gasteiger partial charge in [0.05, 0.1) is 12.7 Å². The van der Waals surface area contributed by atoms with Gasteiger partial charge in [-0.1, -0.05) is 30.3 Å². The second kappa shape index (κ2) is 8.94. The van der Waals surface area contributed by atoms with Crippen molar-refractivity contribution in [3.8, 4) is 16.9 Å². The Morgan fingerprint density at radius 3 is 2.06 bits per heavy atom. The first-order valence-corrected chi connectivity index (χ1v) is 10.3. The molecule has 0 saturated carbocycles. The minimum Gasteiger partial charge on any atom is -0.497 e. The molecule has 1 heterocycles. The molecule has 1 saturated heterocycles. The Kier molecular flexibility index (Phi) is 6.08. The molecule has 0 N–H and O–H groups in total. The molecule has 3 aromatic rings. The van der Waals surface area contributed by atoms with Gasteiger partial charge in [-0.05, 0) is 53.6 Å². The van der Waals surface area contributed by atoms with Gasteiger partial charge in [0.1, 0.15) is 5.75 Å². The summed E-state index contributed by atoms with van der Waals surface area (Å²) in [5, 5.41) is 0. The van der Waals surface area contributed by atoms with E-state index in [4.69, 9.17) is 4.74 Å². The minimum atomic E-state index is -4.39. The van der Waals surface area contributed by atoms with Crippen LogP contribution in [-0.4, -0.2) is 44.1 Å². The molecule has 4 nitrogen and oxygen atoms in total. The normalized spacial score (nSPS) is 14.4. The molecule has 1 amide bonds. The number of nitrogens with zero attached hydrogens (tertiary/aromatic N) is 2. The second-order valence-corrected chi connectivity index (χ2v) is 7.60. The van der Waals surface area contributed by atoms with E-state index in [9.17, 15) is 18.0 Å². The zero-order valence-corrected chi connectivity index (χ0v) is 17.6. The van der Waals surface area contributed by atoms with Crippen LogP contribution in [0, 0.1) is 0 Å². The molecule has 0 aromatic heterocycles. The number of amides is 1. The Labute approximate surface area is 184 Å². The van der Waals surface area contributed by atoms with E-state index in [-0.39, 0.29) is 5.91 Å². The molecule has 32 heavy (non-hydrogen) atoms. The van der Waals surface area contributed by atoms with Crippen LogP contribution in [-0.2, 0) is 6.18 Å². The molecular weight excluding hydrogens is 417 g/mol. The van der Waals surface area contributed by atoms with Crippen molar-refractivity contribution in [3.05, 3.63) is 83.9 Å². The highest BCUT2D eigenvalue weighted by atomic mass is 19.4. The third-order valence-electron chi connectivity index (χ3n) is 5.69. The summed E-state index contributed by atoms with van der Waals surface area (Å²) in [5.74, 6) is 0.678. The highest BCUT2D eigenvalue weighted by Gasteiger charge is 2.30. The maximum atomic E-state index is 13.3. The lowest BCUT2D eigenvalue weighted by Crippen LogP contribution is -2.48. The fraction of sp³-hybridized carbons (Fsp3) is 0.240. The molecule has 0 spiro atoms. The molecule has 1 fully saturated rings. The van der Waals surface area contributed by atoms with E-state index in [1.54, 1.807) is 36.3 Å². The minimum absolute atomic E-state index is 0.116. The van der Waals surface area contributed by atoms with Crippen molar-refractivity contribution < 1.29 is 22.7 Å². The smallest absolute Gasteiger partial charge is 0.416 e. The fourth-order valence-electron chi connectivity index (χ4n) is 3.89. The van der Waals surface area contributed by atoms with Crippen molar-refractivity contribution in [2.45, 2.75) is 6.18 Å². The van der Waals surface area contributed by atoms with Crippen molar-refractivity contribution in [3.63, 3.8) is 0 Å². The first kappa shape index (κ1) is 21.7. The zero-order chi connectivity index (χ0) is 22.7. The van der Waals surface area contributed by atoms with Gasteiger partial charge in [0, 0.05) is 37.4 Å². The molecule has 4 rings (SSSR count). The van der Waals surface area contributed by atoms with E-state index < -0.39 is 11.7 Å². The summed E-state index contributed by atoms with van der Waals surface area (Å²) in [5.41, 5.74) is 2.07. The average molecular weight is 440 g/mol. The maximum Gasteiger partial charge on any atom is 0.416 e. The molecule has 1 aliphatic rings. The summed E-state index contributed by atoms with van der Waals surface area (Å²) < 4.78 is 43.9. The van der Waals surface area contributed by atoms with E-state index in [1.165, 1.54) is 12.1 Å². The predicted molar refractivity (Wildman–Crippen MR) is 118 cm³/mol. The van der Waals surface area contributed by atoms with Gasteiger partial charge in [0.25, 0.3) is 5.91 Å². The van der Waals surface area contributed by atoms with Crippen molar-refractivity contribution in [2.24, 2.45) is 0 Å². The van der Waals surface area contributed by atoms with Crippen LogP contribution < -0.4 is 9.64 Å². The zero-order valence-electron chi connectivity index (χ0n) is 17.6. The average Bonchev–Trinajstić information content (AvgIpc) is 2.83. The number of ether oxygens (including phenoxy) is 1. The lowest BCUT2D eigenvalue weighted by Gasteiger charge is -2.36. The van der Waals surface area contributed by atoms with Gasteiger partial charge in [0.15, 0.2) is 0 Å². The number of piperazine rings is 1. The molecule has 0 aliphatic carbocycles. The standard InChI is InChI=1S/C25H23F3N2O2/c1-32-21-12-10-20(11-13-21)29-14-16-30(17-15-29)24(31)23-5-3-2-4-22(23)18-6-8-19(9-7-18)25(26,27)28/h2-13H,14-17H2,1H3. The van der Waals surface area contributed by atoms with E-state index in [0.717, 1.165) is 23.6 Å². The van der Waals surface area contributed by atoms with Gasteiger partial charge in [-0.2, -0.15) is 13.2 Å². The maximum absolute atomic E-state index is 13.3. The van der Waals surface area contributed by atoms with Gasteiger partial charge in [-0.15, -0.1) is 0 Å².